The molecule has 4 heteroatoms. The fourth-order valence-corrected chi connectivity index (χ4v) is 4.12. The Labute approximate surface area is 145 Å². The second kappa shape index (κ2) is 7.28. The van der Waals surface area contributed by atoms with E-state index in [1.165, 1.54) is 69.2 Å². The normalized spacial score (nSPS) is 21.8. The molecule has 24 heavy (non-hydrogen) atoms. The van der Waals surface area contributed by atoms with Crippen LogP contribution in [0.1, 0.15) is 93.9 Å². The Kier molecular flexibility index (Phi) is 4.91. The van der Waals surface area contributed by atoms with Crippen molar-refractivity contribution in [1.82, 2.24) is 15.1 Å². The standard InChI is InChI=1S/C20H31N3O/c24-20(11-6-15-4-2-1-3-5-15)21-12-13-23-19(17-9-10-17)14-18(22-23)16-7-8-16/h14-17H,1-13H2,(H,21,24). The van der Waals surface area contributed by atoms with E-state index in [1.807, 2.05) is 0 Å². The van der Waals surface area contributed by atoms with Gasteiger partial charge in [-0.25, -0.2) is 0 Å². The first kappa shape index (κ1) is 16.2. The first-order valence-electron chi connectivity index (χ1n) is 10.1. The molecule has 0 saturated heterocycles. The molecule has 1 aromatic heterocycles. The molecule has 3 saturated carbocycles. The van der Waals surface area contributed by atoms with Gasteiger partial charge in [0.2, 0.25) is 5.91 Å². The van der Waals surface area contributed by atoms with Gasteiger partial charge in [-0.3, -0.25) is 9.48 Å². The van der Waals surface area contributed by atoms with Crippen LogP contribution in [0, 0.1) is 5.92 Å². The minimum atomic E-state index is 0.225. The number of amides is 1. The maximum Gasteiger partial charge on any atom is 0.220 e. The number of hydrogen-bond donors (Lipinski definition) is 1. The van der Waals surface area contributed by atoms with E-state index in [9.17, 15) is 4.79 Å². The van der Waals surface area contributed by atoms with Gasteiger partial charge in [0.05, 0.1) is 12.2 Å². The summed E-state index contributed by atoms with van der Waals surface area (Å²) in [6.45, 7) is 1.54. The Morgan fingerprint density at radius 1 is 1.08 bits per heavy atom. The van der Waals surface area contributed by atoms with Crippen LogP contribution in [0.15, 0.2) is 6.07 Å². The first-order chi connectivity index (χ1) is 11.8. The van der Waals surface area contributed by atoms with E-state index in [2.05, 4.69) is 16.1 Å². The fraction of sp³-hybridized carbons (Fsp3) is 0.800. The predicted molar refractivity (Wildman–Crippen MR) is 95.0 cm³/mol. The van der Waals surface area contributed by atoms with Gasteiger partial charge in [-0.15, -0.1) is 0 Å². The smallest absolute Gasteiger partial charge is 0.220 e. The highest BCUT2D eigenvalue weighted by atomic mass is 16.1. The summed E-state index contributed by atoms with van der Waals surface area (Å²) in [5.74, 6) is 2.46. The highest BCUT2D eigenvalue weighted by molar-refractivity contribution is 5.75. The Bertz CT molecular complexity index is 565. The van der Waals surface area contributed by atoms with Crippen molar-refractivity contribution < 1.29 is 4.79 Å². The highest BCUT2D eigenvalue weighted by Gasteiger charge is 2.32. The van der Waals surface area contributed by atoms with Gasteiger partial charge in [0.15, 0.2) is 0 Å². The lowest BCUT2D eigenvalue weighted by atomic mass is 9.86. The second-order valence-electron chi connectivity index (χ2n) is 8.16. The van der Waals surface area contributed by atoms with Crippen molar-refractivity contribution in [2.24, 2.45) is 5.92 Å². The number of hydrogen-bond acceptors (Lipinski definition) is 2. The van der Waals surface area contributed by atoms with Crippen molar-refractivity contribution in [2.45, 2.75) is 89.0 Å². The third-order valence-electron chi connectivity index (χ3n) is 5.97. The van der Waals surface area contributed by atoms with Crippen LogP contribution < -0.4 is 5.32 Å². The molecule has 4 rings (SSSR count). The molecule has 1 aromatic rings. The average Bonchev–Trinajstić information content (AvgIpc) is 3.52. The van der Waals surface area contributed by atoms with Gasteiger partial charge in [-0.2, -0.15) is 5.10 Å². The topological polar surface area (TPSA) is 46.9 Å². The van der Waals surface area contributed by atoms with Crippen molar-refractivity contribution in [1.29, 1.82) is 0 Å². The van der Waals surface area contributed by atoms with E-state index in [0.717, 1.165) is 31.3 Å². The summed E-state index contributed by atoms with van der Waals surface area (Å²) in [4.78, 5) is 12.1. The van der Waals surface area contributed by atoms with Crippen LogP contribution in [0.4, 0.5) is 0 Å². The second-order valence-corrected chi connectivity index (χ2v) is 8.16. The van der Waals surface area contributed by atoms with Crippen LogP contribution >= 0.6 is 0 Å². The third-order valence-corrected chi connectivity index (χ3v) is 5.97. The highest BCUT2D eigenvalue weighted by Crippen LogP contribution is 2.44. The van der Waals surface area contributed by atoms with Crippen molar-refractivity contribution in [3.63, 3.8) is 0 Å². The SMILES string of the molecule is O=C(CCC1CCCCC1)NCCn1nc(C2CC2)cc1C1CC1. The number of nitrogens with one attached hydrogen (secondary N) is 1. The quantitative estimate of drug-likeness (QED) is 0.780. The predicted octanol–water partition coefficient (Wildman–Crippen LogP) is 4.11. The van der Waals surface area contributed by atoms with Crippen LogP contribution in [0.3, 0.4) is 0 Å². The van der Waals surface area contributed by atoms with Crippen LogP contribution in [0.2, 0.25) is 0 Å². The lowest BCUT2D eigenvalue weighted by molar-refractivity contribution is -0.121. The maximum atomic E-state index is 12.1. The molecule has 132 valence electrons. The third kappa shape index (κ3) is 4.20. The first-order valence-corrected chi connectivity index (χ1v) is 10.1. The molecule has 0 bridgehead atoms. The van der Waals surface area contributed by atoms with E-state index in [0.29, 0.717) is 12.3 Å². The summed E-state index contributed by atoms with van der Waals surface area (Å²) in [6, 6.07) is 2.33. The number of rotatable bonds is 8. The molecule has 0 aromatic carbocycles. The van der Waals surface area contributed by atoms with Gasteiger partial charge in [0, 0.05) is 30.5 Å². The zero-order chi connectivity index (χ0) is 16.4. The molecule has 3 aliphatic rings. The number of nitrogens with zero attached hydrogens (tertiary/aromatic N) is 2. The molecule has 1 heterocycles. The van der Waals surface area contributed by atoms with Gasteiger partial charge in [0.1, 0.15) is 0 Å². The molecule has 4 nitrogen and oxygen atoms in total. The van der Waals surface area contributed by atoms with Crippen molar-refractivity contribution in [3.8, 4) is 0 Å². The lowest BCUT2D eigenvalue weighted by Gasteiger charge is -2.21. The van der Waals surface area contributed by atoms with Crippen molar-refractivity contribution in [3.05, 3.63) is 17.5 Å². The van der Waals surface area contributed by atoms with E-state index < -0.39 is 0 Å². The molecule has 3 fully saturated rings. The van der Waals surface area contributed by atoms with Gasteiger partial charge >= 0.3 is 0 Å². The fourth-order valence-electron chi connectivity index (χ4n) is 4.12. The van der Waals surface area contributed by atoms with E-state index in [-0.39, 0.29) is 5.91 Å². The van der Waals surface area contributed by atoms with Gasteiger partial charge in [-0.05, 0) is 44.1 Å². The number of carbonyl (C=O) groups is 1. The minimum Gasteiger partial charge on any atom is -0.354 e. The molecule has 0 spiro atoms. The zero-order valence-corrected chi connectivity index (χ0v) is 14.8. The van der Waals surface area contributed by atoms with E-state index in [4.69, 9.17) is 5.10 Å². The molecule has 0 radical (unpaired) electrons. The molecule has 0 aliphatic heterocycles. The summed E-state index contributed by atoms with van der Waals surface area (Å²) < 4.78 is 2.17. The van der Waals surface area contributed by atoms with E-state index in [1.54, 1.807) is 0 Å². The minimum absolute atomic E-state index is 0.225. The van der Waals surface area contributed by atoms with Crippen LogP contribution in [-0.4, -0.2) is 22.2 Å². The lowest BCUT2D eigenvalue weighted by Crippen LogP contribution is -2.28. The molecule has 0 unspecified atom stereocenters. The van der Waals surface area contributed by atoms with Crippen LogP contribution in [0.5, 0.6) is 0 Å². The number of aromatic nitrogens is 2. The van der Waals surface area contributed by atoms with Gasteiger partial charge in [0.25, 0.3) is 0 Å². The van der Waals surface area contributed by atoms with Gasteiger partial charge in [-0.1, -0.05) is 32.1 Å². The maximum absolute atomic E-state index is 12.1. The Morgan fingerprint density at radius 3 is 2.54 bits per heavy atom. The molecule has 1 amide bonds. The summed E-state index contributed by atoms with van der Waals surface area (Å²) in [5.41, 5.74) is 2.70. The molecular formula is C20H31N3O. The largest absolute Gasteiger partial charge is 0.354 e. The summed E-state index contributed by atoms with van der Waals surface area (Å²) in [6.07, 6.45) is 13.8. The Balaban J connectivity index is 1.21. The van der Waals surface area contributed by atoms with Crippen LogP contribution in [-0.2, 0) is 11.3 Å². The van der Waals surface area contributed by atoms with Gasteiger partial charge < -0.3 is 5.32 Å². The summed E-state index contributed by atoms with van der Waals surface area (Å²) in [5, 5.41) is 7.93. The van der Waals surface area contributed by atoms with E-state index >= 15 is 0 Å². The van der Waals surface area contributed by atoms with Crippen molar-refractivity contribution >= 4 is 5.91 Å². The summed E-state index contributed by atoms with van der Waals surface area (Å²) >= 11 is 0. The zero-order valence-electron chi connectivity index (χ0n) is 14.8. The number of carbonyl (C=O) groups excluding carboxylic acids is 1. The monoisotopic (exact) mass is 329 g/mol. The molecular weight excluding hydrogens is 298 g/mol. The Hall–Kier alpha value is -1.32. The summed E-state index contributed by atoms with van der Waals surface area (Å²) in [7, 11) is 0. The molecule has 0 atom stereocenters. The average molecular weight is 329 g/mol. The Morgan fingerprint density at radius 2 is 1.83 bits per heavy atom. The van der Waals surface area contributed by atoms with Crippen molar-refractivity contribution in [2.75, 3.05) is 6.54 Å². The van der Waals surface area contributed by atoms with Crippen LogP contribution in [0.25, 0.3) is 0 Å². The molecule has 3 aliphatic carbocycles. The molecule has 1 N–H and O–H groups in total.